The smallest absolute Gasteiger partial charge is 0.135 e. The summed E-state index contributed by atoms with van der Waals surface area (Å²) in [5.41, 5.74) is 8.40. The minimum Gasteiger partial charge on any atom is -0.500 e. The van der Waals surface area contributed by atoms with E-state index in [-0.39, 0.29) is 36.6 Å². The fourth-order valence-corrected chi connectivity index (χ4v) is 5.95. The Bertz CT molecular complexity index is 2360. The molecule has 7 aromatic rings. The van der Waals surface area contributed by atoms with Crippen molar-refractivity contribution in [2.45, 2.75) is 52.7 Å². The van der Waals surface area contributed by atoms with E-state index < -0.39 is 13.7 Å². The Morgan fingerprint density at radius 1 is 0.787 bits per heavy atom. The van der Waals surface area contributed by atoms with Gasteiger partial charge in [-0.3, -0.25) is 0 Å². The monoisotopic (exact) mass is 799 g/mol. The molecule has 4 heterocycles. The molecule has 4 aromatic carbocycles. The summed E-state index contributed by atoms with van der Waals surface area (Å²) in [5.74, 6) is 2.19. The molecule has 0 N–H and O–H groups in total. The SMILES string of the molecule is CC(C)c1ccnc(-c2[c-]ccc3c2oc2cc4c(cc23)C(C)(C)c2ccccc2O4)c1.[2H]C([2H])([2H])c1c[c-]c(-c2ccc(C([2H])([2H])[2H])cn2)cc1.[Ir]. The molecule has 0 saturated carbocycles. The summed E-state index contributed by atoms with van der Waals surface area (Å²) in [4.78, 5) is 8.70. The van der Waals surface area contributed by atoms with E-state index in [0.29, 0.717) is 17.2 Å². The van der Waals surface area contributed by atoms with Gasteiger partial charge in [0, 0.05) is 68.7 Å². The predicted octanol–water partition coefficient (Wildman–Crippen LogP) is 11.2. The van der Waals surface area contributed by atoms with Gasteiger partial charge in [0.1, 0.15) is 17.1 Å². The minimum absolute atomic E-state index is 0. The van der Waals surface area contributed by atoms with Gasteiger partial charge in [-0.15, -0.1) is 53.6 Å². The first-order chi connectivity index (χ1) is 24.6. The van der Waals surface area contributed by atoms with Crippen LogP contribution in [0.15, 0.2) is 108 Å². The van der Waals surface area contributed by atoms with Crippen molar-refractivity contribution >= 4 is 21.9 Å². The number of aromatic nitrogens is 2. The van der Waals surface area contributed by atoms with Crippen molar-refractivity contribution in [2.24, 2.45) is 0 Å². The first-order valence-electron chi connectivity index (χ1n) is 18.3. The van der Waals surface area contributed by atoms with Crippen molar-refractivity contribution in [1.82, 2.24) is 9.97 Å². The number of hydrogen-bond donors (Lipinski definition) is 0. The third-order valence-electron chi connectivity index (χ3n) is 8.55. The molecule has 237 valence electrons. The molecule has 1 aliphatic rings. The van der Waals surface area contributed by atoms with E-state index in [1.807, 2.05) is 30.5 Å². The molecule has 8 rings (SSSR count). The van der Waals surface area contributed by atoms with Gasteiger partial charge in [-0.05, 0) is 47.9 Å². The summed E-state index contributed by atoms with van der Waals surface area (Å²) >= 11 is 0. The van der Waals surface area contributed by atoms with Crippen molar-refractivity contribution in [3.63, 3.8) is 0 Å². The van der Waals surface area contributed by atoms with E-state index in [0.717, 1.165) is 44.7 Å². The number of pyridine rings is 2. The zero-order valence-electron chi connectivity index (χ0n) is 32.4. The molecular formula is C42H36IrN2O2-2. The number of para-hydroxylation sites is 1. The standard InChI is InChI=1S/C29H24NO2.C13H12N.Ir/c1-17(2)18-12-13-30-24(14-18)20-9-7-8-19-21-15-23-27(16-26(21)32-28(19)20)31-25-11-6-5-10-22(25)29(23,3)4;1-10-3-6-12(7-4-10)13-8-5-11(2)9-14-13;/h5-8,10-17H,1-4H3;3-6,8-9H,1-2H3;/q2*-1;/i;1D3,2D3;. The summed E-state index contributed by atoms with van der Waals surface area (Å²) in [6.07, 6.45) is 3.17. The second-order valence-corrected chi connectivity index (χ2v) is 12.3. The molecule has 0 spiro atoms. The second-order valence-electron chi connectivity index (χ2n) is 12.3. The number of nitrogens with zero attached hydrogens (tertiary/aromatic N) is 2. The summed E-state index contributed by atoms with van der Waals surface area (Å²) in [5, 5.41) is 2.16. The molecule has 4 nitrogen and oxygen atoms in total. The molecule has 1 aliphatic heterocycles. The number of hydrogen-bond acceptors (Lipinski definition) is 4. The molecule has 0 saturated heterocycles. The molecule has 0 aliphatic carbocycles. The molecule has 0 unspecified atom stereocenters. The van der Waals surface area contributed by atoms with E-state index >= 15 is 0 Å². The van der Waals surface area contributed by atoms with Gasteiger partial charge >= 0.3 is 0 Å². The van der Waals surface area contributed by atoms with E-state index in [9.17, 15) is 0 Å². The van der Waals surface area contributed by atoms with Gasteiger partial charge in [-0.25, -0.2) is 0 Å². The third-order valence-corrected chi connectivity index (χ3v) is 8.55. The Labute approximate surface area is 298 Å². The Hall–Kier alpha value is -4.57. The van der Waals surface area contributed by atoms with Gasteiger partial charge in [0.2, 0.25) is 0 Å². The molecular weight excluding hydrogens is 757 g/mol. The fourth-order valence-electron chi connectivity index (χ4n) is 5.95. The van der Waals surface area contributed by atoms with Crippen LogP contribution in [-0.4, -0.2) is 9.97 Å². The summed E-state index contributed by atoms with van der Waals surface area (Å²) in [6.45, 7) is 4.54. The molecule has 0 atom stereocenters. The van der Waals surface area contributed by atoms with Crippen LogP contribution in [0.2, 0.25) is 0 Å². The van der Waals surface area contributed by atoms with Crippen LogP contribution in [0.1, 0.15) is 69.7 Å². The zero-order valence-corrected chi connectivity index (χ0v) is 28.8. The number of fused-ring (bicyclic) bond motifs is 5. The summed E-state index contributed by atoms with van der Waals surface area (Å²) in [7, 11) is 0. The van der Waals surface area contributed by atoms with Crippen molar-refractivity contribution in [3.05, 3.63) is 143 Å². The van der Waals surface area contributed by atoms with Crippen molar-refractivity contribution < 1.29 is 37.5 Å². The van der Waals surface area contributed by atoms with Gasteiger partial charge in [-0.2, -0.15) is 0 Å². The maximum Gasteiger partial charge on any atom is 0.135 e. The maximum atomic E-state index is 7.28. The Kier molecular flexibility index (Phi) is 7.01. The number of furan rings is 1. The Balaban J connectivity index is 0.000000199. The zero-order chi connectivity index (χ0) is 37.0. The van der Waals surface area contributed by atoms with Gasteiger partial charge in [0.25, 0.3) is 0 Å². The first-order valence-corrected chi connectivity index (χ1v) is 15.3. The topological polar surface area (TPSA) is 48.2 Å². The van der Waals surface area contributed by atoms with Crippen molar-refractivity contribution in [3.8, 4) is 34.0 Å². The minimum atomic E-state index is -2.18. The van der Waals surface area contributed by atoms with Crippen LogP contribution in [-0.2, 0) is 25.5 Å². The average molecular weight is 799 g/mol. The predicted molar refractivity (Wildman–Crippen MR) is 187 cm³/mol. The quantitative estimate of drug-likeness (QED) is 0.167. The number of rotatable bonds is 3. The number of benzene rings is 4. The Morgan fingerprint density at radius 3 is 2.36 bits per heavy atom. The molecule has 0 amide bonds. The third kappa shape index (κ3) is 6.14. The van der Waals surface area contributed by atoms with Gasteiger partial charge in [0.05, 0.1) is 5.58 Å². The van der Waals surface area contributed by atoms with Crippen LogP contribution in [0, 0.1) is 25.8 Å². The number of aryl methyl sites for hydroxylation is 2. The van der Waals surface area contributed by atoms with E-state index in [2.05, 4.69) is 86.2 Å². The second kappa shape index (κ2) is 12.9. The van der Waals surface area contributed by atoms with Crippen LogP contribution in [0.25, 0.3) is 44.5 Å². The van der Waals surface area contributed by atoms with Crippen LogP contribution in [0.5, 0.6) is 11.5 Å². The number of ether oxygens (including phenoxy) is 1. The maximum absolute atomic E-state index is 7.28. The van der Waals surface area contributed by atoms with Crippen molar-refractivity contribution in [2.75, 3.05) is 0 Å². The summed E-state index contributed by atoms with van der Waals surface area (Å²) in [6, 6.07) is 34.6. The van der Waals surface area contributed by atoms with Crippen LogP contribution in [0.4, 0.5) is 0 Å². The first kappa shape index (κ1) is 25.5. The van der Waals surface area contributed by atoms with E-state index in [1.54, 1.807) is 12.1 Å². The molecule has 1 radical (unpaired) electrons. The van der Waals surface area contributed by atoms with Gasteiger partial charge in [-0.1, -0.05) is 87.5 Å². The van der Waals surface area contributed by atoms with Crippen LogP contribution >= 0.6 is 0 Å². The van der Waals surface area contributed by atoms with Crippen molar-refractivity contribution in [1.29, 1.82) is 0 Å². The summed E-state index contributed by atoms with van der Waals surface area (Å²) < 4.78 is 56.3. The van der Waals surface area contributed by atoms with E-state index in [4.69, 9.17) is 17.4 Å². The molecule has 47 heavy (non-hydrogen) atoms. The molecule has 0 fully saturated rings. The fraction of sp³-hybridized carbons (Fsp3) is 0.190. The van der Waals surface area contributed by atoms with Crippen LogP contribution < -0.4 is 4.74 Å². The van der Waals surface area contributed by atoms with Crippen LogP contribution in [0.3, 0.4) is 0 Å². The normalized spacial score (nSPS) is 15.3. The van der Waals surface area contributed by atoms with Gasteiger partial charge < -0.3 is 19.1 Å². The molecule has 3 aromatic heterocycles. The van der Waals surface area contributed by atoms with Gasteiger partial charge in [0.15, 0.2) is 0 Å². The average Bonchev–Trinajstić information content (AvgIpc) is 3.48. The Morgan fingerprint density at radius 2 is 1.62 bits per heavy atom. The van der Waals surface area contributed by atoms with E-state index in [1.165, 1.54) is 41.1 Å². The largest absolute Gasteiger partial charge is 0.500 e. The molecule has 5 heteroatoms. The molecule has 0 bridgehead atoms.